The lowest BCUT2D eigenvalue weighted by atomic mass is 10.2. The third kappa shape index (κ3) is 2.47. The Labute approximate surface area is 51.6 Å². The number of allylic oxidation sites excluding steroid dienone is 2. The standard InChI is InChI=1S/C8H12/c1-4-7-8(5-2)6-3/h5H,6H2,1-3H3/b8-5+. The molecule has 0 aliphatic heterocycles. The first-order valence-electron chi connectivity index (χ1n) is 2.93. The van der Waals surface area contributed by atoms with E-state index in [1.54, 1.807) is 0 Å². The highest BCUT2D eigenvalue weighted by atomic mass is 13.8. The molecule has 0 N–H and O–H groups in total. The maximum atomic E-state index is 2.99. The largest absolute Gasteiger partial charge is 0.102 e. The number of hydrogen-bond donors (Lipinski definition) is 0. The summed E-state index contributed by atoms with van der Waals surface area (Å²) in [5.74, 6) is 5.84. The summed E-state index contributed by atoms with van der Waals surface area (Å²) in [6.45, 7) is 5.99. The van der Waals surface area contributed by atoms with Gasteiger partial charge < -0.3 is 0 Å². The van der Waals surface area contributed by atoms with Crippen LogP contribution in [0.3, 0.4) is 0 Å². The fourth-order valence-corrected chi connectivity index (χ4v) is 0.525. The molecule has 0 aromatic heterocycles. The van der Waals surface area contributed by atoms with E-state index in [1.807, 2.05) is 13.8 Å². The van der Waals surface area contributed by atoms with E-state index in [2.05, 4.69) is 24.8 Å². The predicted molar refractivity (Wildman–Crippen MR) is 37.5 cm³/mol. The van der Waals surface area contributed by atoms with Crippen molar-refractivity contribution in [2.75, 3.05) is 0 Å². The molecular weight excluding hydrogens is 96.1 g/mol. The molecule has 0 unspecified atom stereocenters. The van der Waals surface area contributed by atoms with Crippen LogP contribution in [-0.4, -0.2) is 0 Å². The van der Waals surface area contributed by atoms with Gasteiger partial charge in [0.25, 0.3) is 0 Å². The molecule has 0 nitrogen and oxygen atoms in total. The molecule has 0 fully saturated rings. The second-order valence-corrected chi connectivity index (χ2v) is 1.54. The Morgan fingerprint density at radius 1 is 1.62 bits per heavy atom. The molecule has 0 saturated heterocycles. The van der Waals surface area contributed by atoms with Gasteiger partial charge in [-0.3, -0.25) is 0 Å². The van der Waals surface area contributed by atoms with Crippen LogP contribution < -0.4 is 0 Å². The second kappa shape index (κ2) is 4.46. The van der Waals surface area contributed by atoms with Gasteiger partial charge in [-0.25, -0.2) is 0 Å². The third-order valence-corrected chi connectivity index (χ3v) is 1.01. The van der Waals surface area contributed by atoms with Gasteiger partial charge >= 0.3 is 0 Å². The van der Waals surface area contributed by atoms with Crippen molar-refractivity contribution in [3.8, 4) is 11.8 Å². The molecule has 0 aromatic carbocycles. The molecule has 8 heavy (non-hydrogen) atoms. The summed E-state index contributed by atoms with van der Waals surface area (Å²) in [5, 5.41) is 0. The van der Waals surface area contributed by atoms with Gasteiger partial charge in [-0.1, -0.05) is 18.9 Å². The van der Waals surface area contributed by atoms with E-state index in [0.29, 0.717) is 0 Å². The summed E-state index contributed by atoms with van der Waals surface area (Å²) in [7, 11) is 0. The molecule has 0 bridgehead atoms. The first kappa shape index (κ1) is 7.30. The van der Waals surface area contributed by atoms with E-state index in [1.165, 1.54) is 5.57 Å². The zero-order valence-electron chi connectivity index (χ0n) is 5.78. The third-order valence-electron chi connectivity index (χ3n) is 1.01. The molecule has 0 heteroatoms. The topological polar surface area (TPSA) is 0 Å². The van der Waals surface area contributed by atoms with Crippen LogP contribution in [0, 0.1) is 11.8 Å². The van der Waals surface area contributed by atoms with E-state index in [0.717, 1.165) is 6.42 Å². The molecule has 0 radical (unpaired) electrons. The highest BCUT2D eigenvalue weighted by molar-refractivity contribution is 5.26. The summed E-state index contributed by atoms with van der Waals surface area (Å²) in [6.07, 6.45) is 3.10. The van der Waals surface area contributed by atoms with Crippen LogP contribution >= 0.6 is 0 Å². The van der Waals surface area contributed by atoms with Gasteiger partial charge in [-0.15, -0.1) is 5.92 Å². The maximum absolute atomic E-state index is 2.99. The lowest BCUT2D eigenvalue weighted by molar-refractivity contribution is 1.16. The lowest BCUT2D eigenvalue weighted by Crippen LogP contribution is -1.70. The molecule has 0 aliphatic carbocycles. The van der Waals surface area contributed by atoms with E-state index in [-0.39, 0.29) is 0 Å². The Bertz CT molecular complexity index is 130. The normalized spacial score (nSPS) is 10.1. The van der Waals surface area contributed by atoms with Gasteiger partial charge in [-0.2, -0.15) is 0 Å². The molecule has 0 rings (SSSR count). The van der Waals surface area contributed by atoms with Gasteiger partial charge in [0, 0.05) is 0 Å². The average Bonchev–Trinajstić information content (AvgIpc) is 1.83. The summed E-state index contributed by atoms with van der Waals surface area (Å²) >= 11 is 0. The van der Waals surface area contributed by atoms with Crippen LogP contribution in [0.1, 0.15) is 27.2 Å². The minimum Gasteiger partial charge on any atom is -0.102 e. The minimum absolute atomic E-state index is 1.05. The minimum atomic E-state index is 1.05. The van der Waals surface area contributed by atoms with Crippen LogP contribution in [0.2, 0.25) is 0 Å². The van der Waals surface area contributed by atoms with Crippen molar-refractivity contribution >= 4 is 0 Å². The molecule has 0 saturated carbocycles. The van der Waals surface area contributed by atoms with Gasteiger partial charge in [-0.05, 0) is 25.8 Å². The first-order valence-corrected chi connectivity index (χ1v) is 2.93. The molecular formula is C8H12. The van der Waals surface area contributed by atoms with Gasteiger partial charge in [0.05, 0.1) is 0 Å². The monoisotopic (exact) mass is 108 g/mol. The highest BCUT2D eigenvalue weighted by Crippen LogP contribution is 1.95. The van der Waals surface area contributed by atoms with Crippen LogP contribution in [0.25, 0.3) is 0 Å². The van der Waals surface area contributed by atoms with Crippen LogP contribution in [0.5, 0.6) is 0 Å². The quantitative estimate of drug-likeness (QED) is 0.452. The molecule has 0 aliphatic rings. The Morgan fingerprint density at radius 3 is 2.38 bits per heavy atom. The fraction of sp³-hybridized carbons (Fsp3) is 0.500. The maximum Gasteiger partial charge on any atom is -0.00234 e. The first-order chi connectivity index (χ1) is 3.85. The van der Waals surface area contributed by atoms with Crippen LogP contribution in [-0.2, 0) is 0 Å². The molecule has 0 heterocycles. The molecule has 0 spiro atoms. The van der Waals surface area contributed by atoms with Crippen molar-refractivity contribution in [3.63, 3.8) is 0 Å². The summed E-state index contributed by atoms with van der Waals surface area (Å²) < 4.78 is 0. The van der Waals surface area contributed by atoms with Crippen LogP contribution in [0.15, 0.2) is 11.6 Å². The van der Waals surface area contributed by atoms with Crippen molar-refractivity contribution in [1.29, 1.82) is 0 Å². The van der Waals surface area contributed by atoms with E-state index in [4.69, 9.17) is 0 Å². The van der Waals surface area contributed by atoms with Gasteiger partial charge in [0.1, 0.15) is 0 Å². The highest BCUT2D eigenvalue weighted by Gasteiger charge is 1.79. The summed E-state index contributed by atoms with van der Waals surface area (Å²) in [4.78, 5) is 0. The second-order valence-electron chi connectivity index (χ2n) is 1.54. The van der Waals surface area contributed by atoms with E-state index < -0.39 is 0 Å². The lowest BCUT2D eigenvalue weighted by Gasteiger charge is -1.86. The van der Waals surface area contributed by atoms with Crippen LogP contribution in [0.4, 0.5) is 0 Å². The van der Waals surface area contributed by atoms with Crippen molar-refractivity contribution < 1.29 is 0 Å². The zero-order valence-corrected chi connectivity index (χ0v) is 5.78. The van der Waals surface area contributed by atoms with Gasteiger partial charge in [0.15, 0.2) is 0 Å². The smallest absolute Gasteiger partial charge is 0.00234 e. The summed E-state index contributed by atoms with van der Waals surface area (Å²) in [6, 6.07) is 0. The van der Waals surface area contributed by atoms with Gasteiger partial charge in [0.2, 0.25) is 0 Å². The zero-order chi connectivity index (χ0) is 6.41. The van der Waals surface area contributed by atoms with Crippen molar-refractivity contribution in [1.82, 2.24) is 0 Å². The Balaban J connectivity index is 3.86. The number of hydrogen-bond acceptors (Lipinski definition) is 0. The Kier molecular flexibility index (Phi) is 4.07. The SMILES string of the molecule is CC#C/C(=C/C)CC. The molecule has 44 valence electrons. The summed E-state index contributed by atoms with van der Waals surface area (Å²) in [5.41, 5.74) is 1.23. The predicted octanol–water partition coefficient (Wildman–Crippen LogP) is 2.37. The van der Waals surface area contributed by atoms with E-state index in [9.17, 15) is 0 Å². The fourth-order valence-electron chi connectivity index (χ4n) is 0.525. The average molecular weight is 108 g/mol. The van der Waals surface area contributed by atoms with E-state index >= 15 is 0 Å². The molecule has 0 amide bonds. The Hall–Kier alpha value is -0.700. The molecule has 0 aromatic rings. The van der Waals surface area contributed by atoms with Crippen molar-refractivity contribution in [2.24, 2.45) is 0 Å². The Morgan fingerprint density at radius 2 is 2.25 bits per heavy atom. The van der Waals surface area contributed by atoms with Crippen molar-refractivity contribution in [3.05, 3.63) is 11.6 Å². The molecule has 0 atom stereocenters. The van der Waals surface area contributed by atoms with Crippen molar-refractivity contribution in [2.45, 2.75) is 27.2 Å². The number of rotatable bonds is 1.